The molecule has 0 aliphatic rings. The Morgan fingerprint density at radius 2 is 0.822 bits per heavy atom. The van der Waals surface area contributed by atoms with Crippen molar-refractivity contribution in [1.29, 1.82) is 5.26 Å². The molecule has 0 rings (SSSR count). The molecule has 0 aromatic heterocycles. The summed E-state index contributed by atoms with van der Waals surface area (Å²) in [6, 6.07) is 1.80. The number of nitriles is 1. The Kier molecular flexibility index (Phi) is 80.0. The summed E-state index contributed by atoms with van der Waals surface area (Å²) in [5, 5.41) is 13.6. The number of ketones is 6. The van der Waals surface area contributed by atoms with Crippen molar-refractivity contribution in [3.8, 4) is 18.4 Å². The first-order valence-electron chi connectivity index (χ1n) is 40.0. The first kappa shape index (κ1) is 137. The summed E-state index contributed by atoms with van der Waals surface area (Å²) >= 11 is 5.20. The van der Waals surface area contributed by atoms with E-state index in [1.54, 1.807) is 79.0 Å². The Balaban J connectivity index is -0.000000105. The third kappa shape index (κ3) is 106. The maximum absolute atomic E-state index is 11.6. The van der Waals surface area contributed by atoms with Gasteiger partial charge in [0.1, 0.15) is 29.4 Å². The molecule has 0 unspecified atom stereocenters. The molecular weight excluding hydrogens is 1510 g/mol. The first-order chi connectivity index (χ1) is 52.4. The van der Waals surface area contributed by atoms with Crippen molar-refractivity contribution in [2.24, 2.45) is 56.2 Å². The number of likely N-dealkylation sites (N-methyl/N-ethyl adjacent to an activating group) is 4. The predicted molar refractivity (Wildman–Crippen MR) is 499 cm³/mol. The van der Waals surface area contributed by atoms with Gasteiger partial charge in [-0.05, 0) is 175 Å². The Hall–Kier alpha value is -7.56. The maximum atomic E-state index is 11.6. The molecule has 0 spiro atoms. The van der Waals surface area contributed by atoms with Gasteiger partial charge in [-0.1, -0.05) is 209 Å². The number of rotatable bonds is 24. The van der Waals surface area contributed by atoms with Gasteiger partial charge in [-0.3, -0.25) is 43.2 Å². The molecule has 20 nitrogen and oxygen atoms in total. The third-order valence-electron chi connectivity index (χ3n) is 15.0. The van der Waals surface area contributed by atoms with Gasteiger partial charge in [-0.25, -0.2) is 14.0 Å². The second kappa shape index (κ2) is 69.1. The summed E-state index contributed by atoms with van der Waals surface area (Å²) in [7, 11) is 13.4. The molecule has 0 bridgehead atoms. The second-order valence-electron chi connectivity index (χ2n) is 39.0. The van der Waals surface area contributed by atoms with Crippen LogP contribution >= 0.6 is 11.6 Å². The third-order valence-corrected chi connectivity index (χ3v) is 15.2. The molecule has 0 aliphatic carbocycles. The molecule has 118 heavy (non-hydrogen) atoms. The molecule has 0 atom stereocenters. The summed E-state index contributed by atoms with van der Waals surface area (Å²) in [6.45, 7) is 88.8. The van der Waals surface area contributed by atoms with E-state index in [0.717, 1.165) is 19.6 Å². The van der Waals surface area contributed by atoms with E-state index in [4.69, 9.17) is 32.8 Å². The molecule has 0 radical (unpaired) electrons. The van der Waals surface area contributed by atoms with Crippen LogP contribution in [0.15, 0.2) is 98.7 Å². The highest BCUT2D eigenvalue weighted by molar-refractivity contribution is 6.27. The van der Waals surface area contributed by atoms with Crippen LogP contribution in [0, 0.1) is 79.8 Å². The summed E-state index contributed by atoms with van der Waals surface area (Å²) in [6.07, 6.45) is 22.9. The van der Waals surface area contributed by atoms with E-state index in [1.807, 2.05) is 234 Å². The van der Waals surface area contributed by atoms with Crippen LogP contribution < -0.4 is 10.6 Å². The number of terminal acetylenes is 1. The number of nitrogens with zero attached hydrogens (tertiary/aromatic N) is 5. The van der Waals surface area contributed by atoms with Crippen molar-refractivity contribution in [2.75, 3.05) is 88.1 Å². The molecule has 0 aromatic rings. The quantitative estimate of drug-likeness (QED) is 0.0299. The van der Waals surface area contributed by atoms with E-state index in [9.17, 15) is 57.1 Å². The number of esters is 2. The molecule has 0 saturated heterocycles. The zero-order valence-corrected chi connectivity index (χ0v) is 84.1. The average Bonchev–Trinajstić information content (AvgIpc) is 0.839. The van der Waals surface area contributed by atoms with Crippen molar-refractivity contribution >= 4 is 76.0 Å². The van der Waals surface area contributed by atoms with Gasteiger partial charge in [0.2, 0.25) is 17.7 Å². The van der Waals surface area contributed by atoms with Gasteiger partial charge >= 0.3 is 11.9 Å². The van der Waals surface area contributed by atoms with Crippen molar-refractivity contribution in [1.82, 2.24) is 30.2 Å². The highest BCUT2D eigenvalue weighted by atomic mass is 35.5. The summed E-state index contributed by atoms with van der Waals surface area (Å²) in [4.78, 5) is 128. The van der Waals surface area contributed by atoms with E-state index >= 15 is 0 Å². The lowest BCUT2D eigenvalue weighted by Gasteiger charge is -2.37. The molecule has 0 fully saturated rings. The first-order valence-corrected chi connectivity index (χ1v) is 40.5. The van der Waals surface area contributed by atoms with Crippen LogP contribution in [0.4, 0.5) is 4.39 Å². The van der Waals surface area contributed by atoms with Gasteiger partial charge < -0.3 is 39.7 Å². The molecule has 22 heteroatoms. The number of alkyl halides is 2. The fourth-order valence-corrected chi connectivity index (χ4v) is 5.27. The number of carbonyl (C=O) groups is 11. The number of ether oxygens (including phenoxy) is 2. The van der Waals surface area contributed by atoms with Crippen LogP contribution in [-0.2, 0) is 62.2 Å². The molecule has 2 N–H and O–H groups in total. The molecule has 0 aliphatic heterocycles. The highest BCUT2D eigenvalue weighted by Crippen LogP contribution is 2.34. The predicted octanol–water partition coefficient (Wildman–Crippen LogP) is 19.9. The molecule has 0 aromatic carbocycles. The van der Waals surface area contributed by atoms with Gasteiger partial charge in [0, 0.05) is 107 Å². The number of carbonyl (C=O) groups excluding carboxylic acids is 11. The second-order valence-corrected chi connectivity index (χ2v) is 39.2. The lowest BCUT2D eigenvalue weighted by Crippen LogP contribution is -2.40. The van der Waals surface area contributed by atoms with E-state index in [0.29, 0.717) is 11.0 Å². The number of Topliss-reactive ketones (excluding diaryl/α,β-unsaturated/α-hetero) is 5. The standard InChI is InChI=1S/C13H25NO2.C11H20O2.C10H20N2O.C10H17NO2.C10H19NO.C7H13NO.C7H12O.C6H9NO.C6H12.C6H10.C5H9ClO.C5H9FO/c1-12(2,3)13(4,5)16-11(15)9-8-10-14(6)7;1-7-8-9(12)13-11(5,6)10(2,3)4;1-10(2,3)11-9(13)7-6-8-12(4)5;1-6-9(13)11(5)7-8(12)10(2,3)4;1-10(2,3)9(12)7-6-8-11(4)5;1-5-6(9)8-7(2,3)4;1-5(2)7(8)6(3)4;1-5(2)6(8)3-4-7;2*1-5-6(2,3)4;2*1-4(2)5(7)3-6/h8-9H,10H2,1-7H3;7-8H,1-6H3;6-7H,8H2,1-5H3,(H,11,13);6H,1,7H2,2-5H3;6-7H,8H2,1-5H3;5H,1H2,2-4H3,(H,8,9);6H,1H2,2-4H3;5H,3H2,1-2H3;5H,1H2,2-4H3;1H,2-4H3;2*4H,3H2,1-2H3/b9-8+;8-7+;7-6+;;7-6+;;;;;;;. The number of halogens is 2. The average molecular weight is 1690 g/mol. The van der Waals surface area contributed by atoms with Crippen LogP contribution in [0.1, 0.15) is 270 Å². The van der Waals surface area contributed by atoms with Crippen LogP contribution in [0.2, 0.25) is 0 Å². The summed E-state index contributed by atoms with van der Waals surface area (Å²) in [5.74, 6) is 2.09. The molecule has 3 amide bonds. The zero-order valence-electron chi connectivity index (χ0n) is 83.3. The number of hydrogen-bond donors (Lipinski definition) is 2. The topological polar surface area (TPSA) is 267 Å². The lowest BCUT2D eigenvalue weighted by atomic mass is 9.79. The molecular formula is C96H175ClFN7O13. The number of hydrogen-bond acceptors (Lipinski definition) is 17. The normalized spacial score (nSPS) is 11.5. The fourth-order valence-electron chi connectivity index (χ4n) is 4.97. The van der Waals surface area contributed by atoms with Crippen molar-refractivity contribution < 1.29 is 66.6 Å². The van der Waals surface area contributed by atoms with Crippen LogP contribution in [0.25, 0.3) is 0 Å². The summed E-state index contributed by atoms with van der Waals surface area (Å²) < 4.78 is 22.0. The molecule has 0 heterocycles. The minimum Gasteiger partial charge on any atom is -0.456 e. The van der Waals surface area contributed by atoms with Gasteiger partial charge in [0.25, 0.3) is 0 Å². The van der Waals surface area contributed by atoms with E-state index in [1.165, 1.54) is 29.2 Å². The maximum Gasteiger partial charge on any atom is 0.331 e. The van der Waals surface area contributed by atoms with Gasteiger partial charge in [-0.15, -0.1) is 30.5 Å². The van der Waals surface area contributed by atoms with E-state index in [2.05, 4.69) is 105 Å². The van der Waals surface area contributed by atoms with E-state index in [-0.39, 0.29) is 140 Å². The van der Waals surface area contributed by atoms with E-state index < -0.39 is 23.3 Å². The Bertz CT molecular complexity index is 3110. The van der Waals surface area contributed by atoms with Crippen molar-refractivity contribution in [3.05, 3.63) is 98.7 Å². The SMILES string of the molecule is C#CC(C)(C)C.C/C=C/C(=O)OC(C)(C)C(C)(C)C.C=C(C)C(=O)C(C)C.C=CC(=O)N(C)CC(=O)C(C)(C)C.C=CC(=O)NC(C)(C)C.C=CC(C)(C)C.CC(C)C(=O)CC#N.CC(C)C(=O)CCl.CC(C)C(=O)CF.CN(C)C/C=C/C(=O)C(C)(C)C.CN(C)C/C=C/C(=O)NC(C)(C)C.CN(C)C/C=C/C(=O)OC(C)(C)C(C)(C)C. The number of amides is 3. The van der Waals surface area contributed by atoms with Crippen molar-refractivity contribution in [3.63, 3.8) is 0 Å². The highest BCUT2D eigenvalue weighted by Gasteiger charge is 2.37. The van der Waals surface area contributed by atoms with Crippen LogP contribution in [-0.4, -0.2) is 194 Å². The fraction of sp³-hybridized carbons (Fsp3) is 0.688. The van der Waals surface area contributed by atoms with Crippen LogP contribution in [0.5, 0.6) is 0 Å². The minimum absolute atomic E-state index is 0.00894. The lowest BCUT2D eigenvalue weighted by molar-refractivity contribution is -0.161. The number of nitrogens with one attached hydrogen (secondary N) is 2. The molecule has 686 valence electrons. The smallest absolute Gasteiger partial charge is 0.331 e. The zero-order chi connectivity index (χ0) is 97.5. The molecule has 0 saturated carbocycles. The Labute approximate surface area is 727 Å². The minimum atomic E-state index is -0.822. The summed E-state index contributed by atoms with van der Waals surface area (Å²) in [5.41, 5.74) is -0.943. The van der Waals surface area contributed by atoms with Gasteiger partial charge in [0.05, 0.1) is 24.9 Å². The van der Waals surface area contributed by atoms with Crippen LogP contribution in [0.3, 0.4) is 0 Å². The monoisotopic (exact) mass is 1690 g/mol. The van der Waals surface area contributed by atoms with Gasteiger partial charge in [-0.2, -0.15) is 5.26 Å². The Morgan fingerprint density at radius 3 is 1.00 bits per heavy atom. The van der Waals surface area contributed by atoms with Gasteiger partial charge in [0.15, 0.2) is 23.1 Å². The Morgan fingerprint density at radius 1 is 0.500 bits per heavy atom. The largest absolute Gasteiger partial charge is 0.456 e. The number of allylic oxidation sites excluding steroid dienone is 4. The van der Waals surface area contributed by atoms with Crippen molar-refractivity contribution in [2.45, 2.75) is 292 Å².